The Morgan fingerprint density at radius 2 is 2.06 bits per heavy atom. The second-order valence-electron chi connectivity index (χ2n) is 5.20. The van der Waals surface area contributed by atoms with E-state index >= 15 is 0 Å². The topological polar surface area (TPSA) is 12.0 Å². The van der Waals surface area contributed by atoms with Gasteiger partial charge >= 0.3 is 0 Å². The highest BCUT2D eigenvalue weighted by Crippen LogP contribution is 2.23. The Hall–Kier alpha value is -0.410. The van der Waals surface area contributed by atoms with Crippen LogP contribution in [-0.4, -0.2) is 12.6 Å². The molecule has 0 aliphatic heterocycles. The Balaban J connectivity index is 2.72. The Labute approximate surface area is 118 Å². The molecule has 0 aliphatic rings. The molecule has 18 heavy (non-hydrogen) atoms. The fourth-order valence-electron chi connectivity index (χ4n) is 2.13. The quantitative estimate of drug-likeness (QED) is 0.778. The standard InChI is InChI=1S/C15H23BrFN/c1-4-8-18-13(9-11(2)3)10-12-6-5-7-14(17)15(12)16/h5-7,11,13,18H,4,8-10H2,1-3H3. The van der Waals surface area contributed by atoms with Gasteiger partial charge in [-0.2, -0.15) is 0 Å². The first kappa shape index (κ1) is 15.6. The third kappa shape index (κ3) is 5.07. The van der Waals surface area contributed by atoms with Gasteiger partial charge in [0.15, 0.2) is 0 Å². The first-order valence-corrected chi connectivity index (χ1v) is 7.50. The summed E-state index contributed by atoms with van der Waals surface area (Å²) in [6, 6.07) is 5.68. The molecule has 102 valence electrons. The van der Waals surface area contributed by atoms with Crippen molar-refractivity contribution in [2.75, 3.05) is 6.54 Å². The van der Waals surface area contributed by atoms with Gasteiger partial charge < -0.3 is 5.32 Å². The fourth-order valence-corrected chi connectivity index (χ4v) is 2.55. The van der Waals surface area contributed by atoms with Gasteiger partial charge in [0.05, 0.1) is 4.47 Å². The summed E-state index contributed by atoms with van der Waals surface area (Å²) in [5, 5.41) is 3.55. The van der Waals surface area contributed by atoms with Crippen molar-refractivity contribution in [2.24, 2.45) is 5.92 Å². The average Bonchev–Trinajstić information content (AvgIpc) is 2.31. The molecule has 1 nitrogen and oxygen atoms in total. The highest BCUT2D eigenvalue weighted by Gasteiger charge is 2.14. The van der Waals surface area contributed by atoms with Crippen LogP contribution in [0.2, 0.25) is 0 Å². The van der Waals surface area contributed by atoms with E-state index in [2.05, 4.69) is 42.0 Å². The van der Waals surface area contributed by atoms with Crippen LogP contribution in [-0.2, 0) is 6.42 Å². The zero-order valence-electron chi connectivity index (χ0n) is 11.5. The molecule has 1 atom stereocenters. The van der Waals surface area contributed by atoms with Gasteiger partial charge in [0.25, 0.3) is 0 Å². The predicted molar refractivity (Wildman–Crippen MR) is 79.3 cm³/mol. The molecule has 0 saturated heterocycles. The molecule has 0 aliphatic carbocycles. The Morgan fingerprint density at radius 1 is 1.33 bits per heavy atom. The molecular formula is C15H23BrFN. The highest BCUT2D eigenvalue weighted by atomic mass is 79.9. The van der Waals surface area contributed by atoms with Crippen LogP contribution in [0, 0.1) is 11.7 Å². The van der Waals surface area contributed by atoms with Gasteiger partial charge in [0.1, 0.15) is 5.82 Å². The van der Waals surface area contributed by atoms with E-state index in [1.54, 1.807) is 6.07 Å². The third-order valence-electron chi connectivity index (χ3n) is 2.94. The van der Waals surface area contributed by atoms with E-state index in [1.807, 2.05) is 6.07 Å². The number of hydrogen-bond acceptors (Lipinski definition) is 1. The minimum atomic E-state index is -0.175. The molecule has 3 heteroatoms. The van der Waals surface area contributed by atoms with Gasteiger partial charge in [0.2, 0.25) is 0 Å². The van der Waals surface area contributed by atoms with Gasteiger partial charge in [-0.25, -0.2) is 4.39 Å². The lowest BCUT2D eigenvalue weighted by molar-refractivity contribution is 0.415. The molecule has 0 spiro atoms. The number of halogens is 2. The van der Waals surface area contributed by atoms with Crippen LogP contribution in [0.1, 0.15) is 39.2 Å². The Bertz CT molecular complexity index is 366. The highest BCUT2D eigenvalue weighted by molar-refractivity contribution is 9.10. The summed E-state index contributed by atoms with van der Waals surface area (Å²) in [6.45, 7) is 7.63. The van der Waals surface area contributed by atoms with E-state index in [0.29, 0.717) is 16.4 Å². The van der Waals surface area contributed by atoms with E-state index in [-0.39, 0.29) is 5.82 Å². The molecule has 1 N–H and O–H groups in total. The van der Waals surface area contributed by atoms with Crippen LogP contribution in [0.3, 0.4) is 0 Å². The first-order valence-electron chi connectivity index (χ1n) is 6.70. The van der Waals surface area contributed by atoms with Crippen molar-refractivity contribution in [3.8, 4) is 0 Å². The van der Waals surface area contributed by atoms with Gasteiger partial charge in [-0.05, 0) is 59.3 Å². The summed E-state index contributed by atoms with van der Waals surface area (Å²) in [5.74, 6) is 0.470. The normalized spacial score (nSPS) is 13.0. The van der Waals surface area contributed by atoms with E-state index in [0.717, 1.165) is 31.4 Å². The molecule has 1 unspecified atom stereocenters. The van der Waals surface area contributed by atoms with Crippen LogP contribution >= 0.6 is 15.9 Å². The second-order valence-corrected chi connectivity index (χ2v) is 5.99. The summed E-state index contributed by atoms with van der Waals surface area (Å²) in [7, 11) is 0. The monoisotopic (exact) mass is 315 g/mol. The number of nitrogens with one attached hydrogen (secondary N) is 1. The van der Waals surface area contributed by atoms with Crippen molar-refractivity contribution in [3.05, 3.63) is 34.1 Å². The molecule has 1 aromatic rings. The smallest absolute Gasteiger partial charge is 0.137 e. The molecule has 1 rings (SSSR count). The number of rotatable bonds is 7. The molecule has 0 saturated carbocycles. The van der Waals surface area contributed by atoms with Crippen molar-refractivity contribution in [3.63, 3.8) is 0 Å². The molecule has 0 fully saturated rings. The average molecular weight is 316 g/mol. The van der Waals surface area contributed by atoms with E-state index < -0.39 is 0 Å². The number of benzene rings is 1. The molecule has 0 amide bonds. The third-order valence-corrected chi connectivity index (χ3v) is 3.82. The number of hydrogen-bond donors (Lipinski definition) is 1. The fraction of sp³-hybridized carbons (Fsp3) is 0.600. The lowest BCUT2D eigenvalue weighted by Crippen LogP contribution is -2.33. The molecule has 0 bridgehead atoms. The van der Waals surface area contributed by atoms with E-state index in [4.69, 9.17) is 0 Å². The summed E-state index contributed by atoms with van der Waals surface area (Å²) in [5.41, 5.74) is 1.05. The van der Waals surface area contributed by atoms with Crippen LogP contribution in [0.4, 0.5) is 4.39 Å². The summed E-state index contributed by atoms with van der Waals surface area (Å²) in [6.07, 6.45) is 3.11. The summed E-state index contributed by atoms with van der Waals surface area (Å²) in [4.78, 5) is 0. The maximum absolute atomic E-state index is 13.5. The lowest BCUT2D eigenvalue weighted by atomic mass is 9.97. The maximum Gasteiger partial charge on any atom is 0.137 e. The van der Waals surface area contributed by atoms with Crippen LogP contribution in [0.15, 0.2) is 22.7 Å². The zero-order valence-corrected chi connectivity index (χ0v) is 13.1. The first-order chi connectivity index (χ1) is 8.54. The van der Waals surface area contributed by atoms with Gasteiger partial charge in [-0.3, -0.25) is 0 Å². The predicted octanol–water partition coefficient (Wildman–Crippen LogP) is 4.55. The minimum absolute atomic E-state index is 0.175. The summed E-state index contributed by atoms with van der Waals surface area (Å²) < 4.78 is 14.1. The van der Waals surface area contributed by atoms with E-state index in [1.165, 1.54) is 6.07 Å². The van der Waals surface area contributed by atoms with Crippen molar-refractivity contribution in [1.82, 2.24) is 5.32 Å². The van der Waals surface area contributed by atoms with Crippen molar-refractivity contribution < 1.29 is 4.39 Å². The molecule has 0 aromatic heterocycles. The van der Waals surface area contributed by atoms with Gasteiger partial charge in [0, 0.05) is 6.04 Å². The Kier molecular flexibility index (Phi) is 6.87. The minimum Gasteiger partial charge on any atom is -0.314 e. The maximum atomic E-state index is 13.5. The van der Waals surface area contributed by atoms with Gasteiger partial charge in [-0.15, -0.1) is 0 Å². The molecule has 0 radical (unpaired) electrons. The SMILES string of the molecule is CCCNC(Cc1cccc(F)c1Br)CC(C)C. The molecule has 0 heterocycles. The van der Waals surface area contributed by atoms with Crippen molar-refractivity contribution in [2.45, 2.75) is 46.1 Å². The zero-order chi connectivity index (χ0) is 13.5. The lowest BCUT2D eigenvalue weighted by Gasteiger charge is -2.21. The Morgan fingerprint density at radius 3 is 2.67 bits per heavy atom. The van der Waals surface area contributed by atoms with Crippen molar-refractivity contribution >= 4 is 15.9 Å². The largest absolute Gasteiger partial charge is 0.314 e. The van der Waals surface area contributed by atoms with Gasteiger partial charge in [-0.1, -0.05) is 32.9 Å². The van der Waals surface area contributed by atoms with Crippen LogP contribution in [0.25, 0.3) is 0 Å². The molecule has 1 aromatic carbocycles. The second kappa shape index (κ2) is 7.90. The summed E-state index contributed by atoms with van der Waals surface area (Å²) >= 11 is 3.34. The van der Waals surface area contributed by atoms with Crippen molar-refractivity contribution in [1.29, 1.82) is 0 Å². The van der Waals surface area contributed by atoms with Crippen LogP contribution in [0.5, 0.6) is 0 Å². The van der Waals surface area contributed by atoms with Crippen LogP contribution < -0.4 is 5.32 Å². The van der Waals surface area contributed by atoms with E-state index in [9.17, 15) is 4.39 Å². The molecular weight excluding hydrogens is 293 g/mol.